The monoisotopic (exact) mass is 293 g/mol. The first-order valence-electron chi connectivity index (χ1n) is 7.44. The van der Waals surface area contributed by atoms with Crippen molar-refractivity contribution in [3.8, 4) is 5.75 Å². The van der Waals surface area contributed by atoms with Crippen LogP contribution in [0.25, 0.3) is 0 Å². The van der Waals surface area contributed by atoms with Gasteiger partial charge >= 0.3 is 0 Å². The van der Waals surface area contributed by atoms with Gasteiger partial charge in [0.2, 0.25) is 0 Å². The summed E-state index contributed by atoms with van der Waals surface area (Å²) in [4.78, 5) is 10.6. The van der Waals surface area contributed by atoms with Gasteiger partial charge in [0, 0.05) is 29.9 Å². The Hall–Kier alpha value is -1.82. The number of ether oxygens (including phenoxy) is 1. The number of benzene rings is 1. The third kappa shape index (κ3) is 4.32. The van der Waals surface area contributed by atoms with Crippen molar-refractivity contribution in [2.45, 2.75) is 57.7 Å². The van der Waals surface area contributed by atoms with Crippen LogP contribution in [0.2, 0.25) is 0 Å². The molecule has 2 atom stereocenters. The van der Waals surface area contributed by atoms with E-state index in [0.717, 1.165) is 25.7 Å². The number of nitrogens with zero attached hydrogens (tertiary/aromatic N) is 1. The number of nitrogens with one attached hydrogen (secondary N) is 1. The molecule has 1 fully saturated rings. The number of non-ortho nitro benzene ring substituents is 1. The molecule has 0 saturated heterocycles. The molecule has 0 spiro atoms. The van der Waals surface area contributed by atoms with E-state index in [9.17, 15) is 10.1 Å². The molecule has 6 heteroatoms. The largest absolute Gasteiger partial charge is 0.491 e. The van der Waals surface area contributed by atoms with Crippen LogP contribution in [-0.2, 0) is 0 Å². The van der Waals surface area contributed by atoms with Crippen LogP contribution < -0.4 is 15.8 Å². The lowest BCUT2D eigenvalue weighted by Crippen LogP contribution is -2.42. The SMILES string of the molecule is CC(C)Oc1cc(N[C@@H]2CCCC[C@H]2N)cc([N+](=O)[O-])c1. The van der Waals surface area contributed by atoms with Gasteiger partial charge in [-0.3, -0.25) is 10.1 Å². The Morgan fingerprint density at radius 2 is 2.05 bits per heavy atom. The Morgan fingerprint density at radius 3 is 2.67 bits per heavy atom. The molecule has 6 nitrogen and oxygen atoms in total. The average Bonchev–Trinajstić information content (AvgIpc) is 2.40. The first kappa shape index (κ1) is 15.6. The molecule has 21 heavy (non-hydrogen) atoms. The maximum Gasteiger partial charge on any atom is 0.275 e. The van der Waals surface area contributed by atoms with Crippen molar-refractivity contribution in [1.82, 2.24) is 0 Å². The molecular formula is C15H23N3O3. The summed E-state index contributed by atoms with van der Waals surface area (Å²) in [6, 6.07) is 5.04. The molecule has 116 valence electrons. The van der Waals surface area contributed by atoms with Gasteiger partial charge in [-0.25, -0.2) is 0 Å². The number of anilines is 1. The zero-order chi connectivity index (χ0) is 15.4. The minimum Gasteiger partial charge on any atom is -0.491 e. The van der Waals surface area contributed by atoms with Gasteiger partial charge < -0.3 is 15.8 Å². The second-order valence-corrected chi connectivity index (χ2v) is 5.84. The molecule has 1 aromatic rings. The molecule has 1 aromatic carbocycles. The summed E-state index contributed by atoms with van der Waals surface area (Å²) in [5.41, 5.74) is 6.84. The number of nitro benzene ring substituents is 1. The lowest BCUT2D eigenvalue weighted by atomic mass is 9.91. The van der Waals surface area contributed by atoms with Crippen molar-refractivity contribution in [1.29, 1.82) is 0 Å². The van der Waals surface area contributed by atoms with Crippen LogP contribution in [0, 0.1) is 10.1 Å². The van der Waals surface area contributed by atoms with E-state index in [0.29, 0.717) is 11.4 Å². The second kappa shape index (κ2) is 6.76. The number of hydrogen-bond donors (Lipinski definition) is 2. The van der Waals surface area contributed by atoms with E-state index in [2.05, 4.69) is 5.32 Å². The molecule has 1 aliphatic carbocycles. The van der Waals surface area contributed by atoms with Crippen molar-refractivity contribution in [2.75, 3.05) is 5.32 Å². The predicted molar refractivity (Wildman–Crippen MR) is 82.7 cm³/mol. The molecular weight excluding hydrogens is 270 g/mol. The van der Waals surface area contributed by atoms with Gasteiger partial charge in [-0.1, -0.05) is 12.8 Å². The Balaban J connectivity index is 2.20. The lowest BCUT2D eigenvalue weighted by Gasteiger charge is -2.30. The topological polar surface area (TPSA) is 90.4 Å². The number of nitro groups is 1. The fourth-order valence-corrected chi connectivity index (χ4v) is 2.67. The number of nitrogens with two attached hydrogens (primary N) is 1. The fraction of sp³-hybridized carbons (Fsp3) is 0.600. The highest BCUT2D eigenvalue weighted by Gasteiger charge is 2.22. The van der Waals surface area contributed by atoms with Crippen LogP contribution >= 0.6 is 0 Å². The van der Waals surface area contributed by atoms with Gasteiger partial charge in [0.1, 0.15) is 5.75 Å². The Kier molecular flexibility index (Phi) is 5.01. The van der Waals surface area contributed by atoms with Gasteiger partial charge in [0.15, 0.2) is 0 Å². The third-order valence-corrected chi connectivity index (χ3v) is 3.65. The molecule has 0 unspecified atom stereocenters. The van der Waals surface area contributed by atoms with Crippen molar-refractivity contribution >= 4 is 11.4 Å². The van der Waals surface area contributed by atoms with Crippen LogP contribution in [0.1, 0.15) is 39.5 Å². The quantitative estimate of drug-likeness (QED) is 0.643. The Labute approximate surface area is 124 Å². The normalized spacial score (nSPS) is 22.1. The highest BCUT2D eigenvalue weighted by molar-refractivity contribution is 5.57. The molecule has 0 aromatic heterocycles. The van der Waals surface area contributed by atoms with E-state index in [1.165, 1.54) is 12.1 Å². The smallest absolute Gasteiger partial charge is 0.275 e. The summed E-state index contributed by atoms with van der Waals surface area (Å²) in [5, 5.41) is 14.4. The van der Waals surface area contributed by atoms with Crippen LogP contribution in [0.3, 0.4) is 0 Å². The predicted octanol–water partition coefficient (Wildman–Crippen LogP) is 3.06. The maximum absolute atomic E-state index is 11.0. The minimum absolute atomic E-state index is 0.0278. The third-order valence-electron chi connectivity index (χ3n) is 3.65. The number of rotatable bonds is 5. The second-order valence-electron chi connectivity index (χ2n) is 5.84. The van der Waals surface area contributed by atoms with Crippen molar-refractivity contribution < 1.29 is 9.66 Å². The van der Waals surface area contributed by atoms with Crippen LogP contribution in [0.15, 0.2) is 18.2 Å². The van der Waals surface area contributed by atoms with Gasteiger partial charge in [-0.05, 0) is 26.7 Å². The van der Waals surface area contributed by atoms with Crippen LogP contribution in [0.4, 0.5) is 11.4 Å². The highest BCUT2D eigenvalue weighted by atomic mass is 16.6. The zero-order valence-corrected chi connectivity index (χ0v) is 12.5. The molecule has 0 radical (unpaired) electrons. The van der Waals surface area contributed by atoms with Crippen molar-refractivity contribution in [3.05, 3.63) is 28.3 Å². The van der Waals surface area contributed by atoms with Gasteiger partial charge in [-0.2, -0.15) is 0 Å². The van der Waals surface area contributed by atoms with E-state index >= 15 is 0 Å². The standard InChI is InChI=1S/C15H23N3O3/c1-10(2)21-13-8-11(7-12(9-13)18(19)20)17-15-6-4-3-5-14(15)16/h7-10,14-15,17H,3-6,16H2,1-2H3/t14-,15-/m1/s1. The summed E-state index contributed by atoms with van der Waals surface area (Å²) in [6.07, 6.45) is 4.23. The van der Waals surface area contributed by atoms with Crippen molar-refractivity contribution in [2.24, 2.45) is 5.73 Å². The average molecular weight is 293 g/mol. The Bertz CT molecular complexity index is 505. The summed E-state index contributed by atoms with van der Waals surface area (Å²) in [6.45, 7) is 3.78. The number of hydrogen-bond acceptors (Lipinski definition) is 5. The molecule has 2 rings (SSSR count). The Morgan fingerprint density at radius 1 is 1.33 bits per heavy atom. The van der Waals surface area contributed by atoms with Crippen LogP contribution in [-0.4, -0.2) is 23.1 Å². The van der Waals surface area contributed by atoms with E-state index in [4.69, 9.17) is 10.5 Å². The van der Waals surface area contributed by atoms with E-state index in [1.807, 2.05) is 13.8 Å². The van der Waals surface area contributed by atoms with E-state index < -0.39 is 4.92 Å². The molecule has 0 bridgehead atoms. The van der Waals surface area contributed by atoms with E-state index in [-0.39, 0.29) is 23.9 Å². The molecule has 1 aliphatic rings. The van der Waals surface area contributed by atoms with Gasteiger partial charge in [-0.15, -0.1) is 0 Å². The zero-order valence-electron chi connectivity index (χ0n) is 12.5. The summed E-state index contributed by atoms with van der Waals surface area (Å²) in [5.74, 6) is 0.506. The maximum atomic E-state index is 11.0. The molecule has 0 amide bonds. The summed E-state index contributed by atoms with van der Waals surface area (Å²) >= 11 is 0. The first-order chi connectivity index (χ1) is 9.95. The lowest BCUT2D eigenvalue weighted by molar-refractivity contribution is -0.384. The highest BCUT2D eigenvalue weighted by Crippen LogP contribution is 2.29. The van der Waals surface area contributed by atoms with Crippen LogP contribution in [0.5, 0.6) is 5.75 Å². The molecule has 0 heterocycles. The summed E-state index contributed by atoms with van der Waals surface area (Å²) in [7, 11) is 0. The first-order valence-corrected chi connectivity index (χ1v) is 7.44. The molecule has 1 saturated carbocycles. The van der Waals surface area contributed by atoms with Gasteiger partial charge in [0.25, 0.3) is 5.69 Å². The molecule has 3 N–H and O–H groups in total. The summed E-state index contributed by atoms with van der Waals surface area (Å²) < 4.78 is 5.59. The van der Waals surface area contributed by atoms with Gasteiger partial charge in [0.05, 0.1) is 17.1 Å². The van der Waals surface area contributed by atoms with E-state index in [1.54, 1.807) is 6.07 Å². The minimum atomic E-state index is -0.404. The molecule has 0 aliphatic heterocycles. The fourth-order valence-electron chi connectivity index (χ4n) is 2.67. The van der Waals surface area contributed by atoms with Crippen molar-refractivity contribution in [3.63, 3.8) is 0 Å².